The second-order valence-electron chi connectivity index (χ2n) is 5.20. The van der Waals surface area contributed by atoms with Crippen LogP contribution in [0.4, 0.5) is 0 Å². The lowest BCUT2D eigenvalue weighted by molar-refractivity contribution is 0.0827. The van der Waals surface area contributed by atoms with E-state index >= 15 is 0 Å². The number of nitrogens with zero attached hydrogens (tertiary/aromatic N) is 1. The highest BCUT2D eigenvalue weighted by molar-refractivity contribution is 5.12. The summed E-state index contributed by atoms with van der Waals surface area (Å²) in [5.74, 6) is 2.11. The Hall–Kier alpha value is -0.800. The van der Waals surface area contributed by atoms with Gasteiger partial charge in [-0.05, 0) is 37.9 Å². The SMILES string of the molecule is CCc1ccc(C(CN)N2CCCCC2CC)o1. The van der Waals surface area contributed by atoms with E-state index in [2.05, 4.69) is 30.9 Å². The maximum atomic E-state index is 6.00. The first-order valence-corrected chi connectivity index (χ1v) is 7.34. The van der Waals surface area contributed by atoms with E-state index in [1.165, 1.54) is 25.7 Å². The lowest BCUT2D eigenvalue weighted by Gasteiger charge is -2.39. The molecule has 2 heterocycles. The molecule has 2 unspecified atom stereocenters. The Labute approximate surface area is 110 Å². The molecule has 3 nitrogen and oxygen atoms in total. The van der Waals surface area contributed by atoms with Gasteiger partial charge in [-0.2, -0.15) is 0 Å². The summed E-state index contributed by atoms with van der Waals surface area (Å²) in [4.78, 5) is 2.56. The number of hydrogen-bond donors (Lipinski definition) is 1. The summed E-state index contributed by atoms with van der Waals surface area (Å²) < 4.78 is 5.91. The highest BCUT2D eigenvalue weighted by Crippen LogP contribution is 2.30. The van der Waals surface area contributed by atoms with Gasteiger partial charge in [0.05, 0.1) is 6.04 Å². The van der Waals surface area contributed by atoms with Crippen molar-refractivity contribution in [3.05, 3.63) is 23.7 Å². The van der Waals surface area contributed by atoms with E-state index in [9.17, 15) is 0 Å². The van der Waals surface area contributed by atoms with E-state index in [0.717, 1.165) is 24.5 Å². The molecule has 1 aromatic rings. The minimum absolute atomic E-state index is 0.260. The van der Waals surface area contributed by atoms with Crippen molar-refractivity contribution < 1.29 is 4.42 Å². The van der Waals surface area contributed by atoms with Crippen LogP contribution in [0.5, 0.6) is 0 Å². The monoisotopic (exact) mass is 250 g/mol. The Kier molecular flexibility index (Phi) is 4.84. The molecule has 2 atom stereocenters. The van der Waals surface area contributed by atoms with Crippen LogP contribution in [0.1, 0.15) is 57.1 Å². The summed E-state index contributed by atoms with van der Waals surface area (Å²) in [5, 5.41) is 0. The standard InChI is InChI=1S/C15H26N2O/c1-3-12-7-5-6-10-17(12)14(11-16)15-9-8-13(4-2)18-15/h8-9,12,14H,3-7,10-11,16H2,1-2H3. The number of piperidine rings is 1. The third-order valence-corrected chi connectivity index (χ3v) is 4.13. The van der Waals surface area contributed by atoms with Crippen LogP contribution in [-0.4, -0.2) is 24.0 Å². The number of nitrogens with two attached hydrogens (primary N) is 1. The first kappa shape index (κ1) is 13.6. The van der Waals surface area contributed by atoms with Gasteiger partial charge in [-0.1, -0.05) is 20.3 Å². The van der Waals surface area contributed by atoms with Crippen molar-refractivity contribution in [2.45, 2.75) is 58.0 Å². The molecule has 1 aromatic heterocycles. The molecule has 1 aliphatic rings. The van der Waals surface area contributed by atoms with Crippen LogP contribution in [0.25, 0.3) is 0 Å². The first-order chi connectivity index (χ1) is 8.80. The number of rotatable bonds is 5. The van der Waals surface area contributed by atoms with Crippen LogP contribution in [0.3, 0.4) is 0 Å². The average Bonchev–Trinajstić information content (AvgIpc) is 2.89. The van der Waals surface area contributed by atoms with E-state index in [1.807, 2.05) is 0 Å². The minimum atomic E-state index is 0.260. The Morgan fingerprint density at radius 2 is 2.22 bits per heavy atom. The van der Waals surface area contributed by atoms with Crippen molar-refractivity contribution in [1.29, 1.82) is 0 Å². The highest BCUT2D eigenvalue weighted by Gasteiger charge is 2.29. The largest absolute Gasteiger partial charge is 0.464 e. The van der Waals surface area contributed by atoms with Gasteiger partial charge in [0.15, 0.2) is 0 Å². The highest BCUT2D eigenvalue weighted by atomic mass is 16.3. The second-order valence-corrected chi connectivity index (χ2v) is 5.20. The van der Waals surface area contributed by atoms with E-state index in [1.54, 1.807) is 0 Å². The molecule has 0 amide bonds. The Balaban J connectivity index is 2.15. The van der Waals surface area contributed by atoms with Crippen LogP contribution in [-0.2, 0) is 6.42 Å². The van der Waals surface area contributed by atoms with Crippen molar-refractivity contribution in [2.24, 2.45) is 5.73 Å². The zero-order valence-electron chi connectivity index (χ0n) is 11.7. The van der Waals surface area contributed by atoms with E-state index in [4.69, 9.17) is 10.2 Å². The van der Waals surface area contributed by atoms with Crippen LogP contribution < -0.4 is 5.73 Å². The topological polar surface area (TPSA) is 42.4 Å². The van der Waals surface area contributed by atoms with E-state index in [-0.39, 0.29) is 6.04 Å². The second kappa shape index (κ2) is 6.39. The number of furan rings is 1. The molecule has 0 aliphatic carbocycles. The Morgan fingerprint density at radius 3 is 2.83 bits per heavy atom. The predicted octanol–water partition coefficient (Wildman–Crippen LogP) is 3.11. The first-order valence-electron chi connectivity index (χ1n) is 7.34. The van der Waals surface area contributed by atoms with Crippen molar-refractivity contribution in [1.82, 2.24) is 4.90 Å². The zero-order chi connectivity index (χ0) is 13.0. The van der Waals surface area contributed by atoms with Gasteiger partial charge in [0.1, 0.15) is 11.5 Å². The molecule has 18 heavy (non-hydrogen) atoms. The fourth-order valence-corrected chi connectivity index (χ4v) is 3.05. The maximum Gasteiger partial charge on any atom is 0.122 e. The summed E-state index contributed by atoms with van der Waals surface area (Å²) in [5.41, 5.74) is 6.00. The summed E-state index contributed by atoms with van der Waals surface area (Å²) in [6.45, 7) is 6.20. The van der Waals surface area contributed by atoms with Crippen molar-refractivity contribution in [2.75, 3.05) is 13.1 Å². The molecule has 0 spiro atoms. The predicted molar refractivity (Wildman–Crippen MR) is 74.5 cm³/mol. The summed E-state index contributed by atoms with van der Waals surface area (Å²) >= 11 is 0. The molecule has 0 radical (unpaired) electrons. The quantitative estimate of drug-likeness (QED) is 0.873. The van der Waals surface area contributed by atoms with Gasteiger partial charge < -0.3 is 10.2 Å². The third-order valence-electron chi connectivity index (χ3n) is 4.13. The van der Waals surface area contributed by atoms with Gasteiger partial charge in [0.2, 0.25) is 0 Å². The molecular weight excluding hydrogens is 224 g/mol. The van der Waals surface area contributed by atoms with Crippen LogP contribution >= 0.6 is 0 Å². The van der Waals surface area contributed by atoms with Crippen LogP contribution in [0, 0.1) is 0 Å². The number of aryl methyl sites for hydroxylation is 1. The summed E-state index contributed by atoms with van der Waals surface area (Å²) in [6, 6.07) is 5.12. The third kappa shape index (κ3) is 2.78. The van der Waals surface area contributed by atoms with Crippen LogP contribution in [0.15, 0.2) is 16.5 Å². The lowest BCUT2D eigenvalue weighted by Crippen LogP contribution is -2.44. The van der Waals surface area contributed by atoms with E-state index in [0.29, 0.717) is 12.6 Å². The molecule has 0 saturated carbocycles. The summed E-state index contributed by atoms with van der Waals surface area (Å²) in [7, 11) is 0. The van der Waals surface area contributed by atoms with Gasteiger partial charge in [-0.25, -0.2) is 0 Å². The Morgan fingerprint density at radius 1 is 1.39 bits per heavy atom. The molecule has 2 N–H and O–H groups in total. The van der Waals surface area contributed by atoms with Crippen molar-refractivity contribution in [3.63, 3.8) is 0 Å². The molecule has 0 aromatic carbocycles. The minimum Gasteiger partial charge on any atom is -0.464 e. The molecular formula is C15H26N2O. The molecule has 102 valence electrons. The summed E-state index contributed by atoms with van der Waals surface area (Å²) in [6.07, 6.45) is 6.10. The molecule has 2 rings (SSSR count). The fourth-order valence-electron chi connectivity index (χ4n) is 3.05. The molecule has 1 aliphatic heterocycles. The molecule has 3 heteroatoms. The maximum absolute atomic E-state index is 6.00. The van der Waals surface area contributed by atoms with Crippen molar-refractivity contribution in [3.8, 4) is 0 Å². The molecule has 0 bridgehead atoms. The number of likely N-dealkylation sites (tertiary alicyclic amines) is 1. The number of hydrogen-bond acceptors (Lipinski definition) is 3. The van der Waals surface area contributed by atoms with Crippen LogP contribution in [0.2, 0.25) is 0 Å². The van der Waals surface area contributed by atoms with Gasteiger partial charge in [0.25, 0.3) is 0 Å². The van der Waals surface area contributed by atoms with Gasteiger partial charge in [0, 0.05) is 19.0 Å². The molecule has 1 fully saturated rings. The Bertz CT molecular complexity index is 361. The van der Waals surface area contributed by atoms with E-state index < -0.39 is 0 Å². The molecule has 1 saturated heterocycles. The normalized spacial score (nSPS) is 23.2. The van der Waals surface area contributed by atoms with Gasteiger partial charge >= 0.3 is 0 Å². The van der Waals surface area contributed by atoms with Crippen molar-refractivity contribution >= 4 is 0 Å². The van der Waals surface area contributed by atoms with Gasteiger partial charge in [-0.3, -0.25) is 4.90 Å². The smallest absolute Gasteiger partial charge is 0.122 e. The fraction of sp³-hybridized carbons (Fsp3) is 0.733. The zero-order valence-corrected chi connectivity index (χ0v) is 11.7. The lowest BCUT2D eigenvalue weighted by atomic mass is 9.97. The average molecular weight is 250 g/mol. The van der Waals surface area contributed by atoms with Gasteiger partial charge in [-0.15, -0.1) is 0 Å².